The summed E-state index contributed by atoms with van der Waals surface area (Å²) in [7, 11) is 0. The molecule has 0 aliphatic heterocycles. The number of aromatic nitrogens is 3. The van der Waals surface area contributed by atoms with E-state index in [2.05, 4.69) is 20.3 Å². The standard InChI is InChI=1S/C14H11ClN4S/c1-20-14-18-12(15)7-13(19-14)17-11-3-2-10-8-16-5-4-9(10)6-11/h2-8H,1H3,(H,17,18,19). The molecule has 0 unspecified atom stereocenters. The van der Waals surface area contributed by atoms with Crippen molar-refractivity contribution in [3.8, 4) is 0 Å². The second-order valence-corrected chi connectivity index (χ2v) is 5.29. The van der Waals surface area contributed by atoms with Gasteiger partial charge in [-0.15, -0.1) is 0 Å². The Morgan fingerprint density at radius 2 is 2.00 bits per heavy atom. The van der Waals surface area contributed by atoms with E-state index in [0.717, 1.165) is 16.5 Å². The molecule has 100 valence electrons. The van der Waals surface area contributed by atoms with Crippen molar-refractivity contribution in [2.24, 2.45) is 0 Å². The monoisotopic (exact) mass is 302 g/mol. The van der Waals surface area contributed by atoms with Crippen LogP contribution < -0.4 is 5.32 Å². The SMILES string of the molecule is CSc1nc(Cl)cc(Nc2ccc3cnccc3c2)n1. The molecule has 0 saturated heterocycles. The molecule has 0 aliphatic carbocycles. The Balaban J connectivity index is 1.94. The Bertz CT molecular complexity index is 763. The lowest BCUT2D eigenvalue weighted by Gasteiger charge is -2.08. The average molecular weight is 303 g/mol. The van der Waals surface area contributed by atoms with Gasteiger partial charge in [0, 0.05) is 29.5 Å². The number of nitrogens with one attached hydrogen (secondary N) is 1. The quantitative estimate of drug-likeness (QED) is 0.447. The minimum Gasteiger partial charge on any atom is -0.340 e. The second-order valence-electron chi connectivity index (χ2n) is 4.13. The molecule has 3 aromatic rings. The van der Waals surface area contributed by atoms with Crippen molar-refractivity contribution in [1.82, 2.24) is 15.0 Å². The van der Waals surface area contributed by atoms with Gasteiger partial charge in [-0.3, -0.25) is 4.98 Å². The number of hydrogen-bond acceptors (Lipinski definition) is 5. The number of rotatable bonds is 3. The van der Waals surface area contributed by atoms with Gasteiger partial charge in [0.1, 0.15) is 11.0 Å². The van der Waals surface area contributed by atoms with Gasteiger partial charge in [0.05, 0.1) is 0 Å². The molecular weight excluding hydrogens is 292 g/mol. The smallest absolute Gasteiger partial charge is 0.190 e. The van der Waals surface area contributed by atoms with Gasteiger partial charge in [0.25, 0.3) is 0 Å². The van der Waals surface area contributed by atoms with E-state index in [-0.39, 0.29) is 0 Å². The van der Waals surface area contributed by atoms with E-state index >= 15 is 0 Å². The molecule has 0 spiro atoms. The summed E-state index contributed by atoms with van der Waals surface area (Å²) < 4.78 is 0. The largest absolute Gasteiger partial charge is 0.340 e. The summed E-state index contributed by atoms with van der Waals surface area (Å²) in [6.45, 7) is 0. The molecule has 3 rings (SSSR count). The van der Waals surface area contributed by atoms with Gasteiger partial charge in [0.2, 0.25) is 0 Å². The molecule has 2 heterocycles. The summed E-state index contributed by atoms with van der Waals surface area (Å²) in [4.78, 5) is 12.6. The van der Waals surface area contributed by atoms with Crippen LogP contribution >= 0.6 is 23.4 Å². The van der Waals surface area contributed by atoms with Crippen molar-refractivity contribution in [1.29, 1.82) is 0 Å². The maximum Gasteiger partial charge on any atom is 0.190 e. The fourth-order valence-corrected chi connectivity index (χ4v) is 2.47. The molecule has 0 aliphatic rings. The van der Waals surface area contributed by atoms with Gasteiger partial charge < -0.3 is 5.32 Å². The molecule has 0 saturated carbocycles. The predicted octanol–water partition coefficient (Wildman–Crippen LogP) is 4.14. The third-order valence-electron chi connectivity index (χ3n) is 2.77. The highest BCUT2D eigenvalue weighted by Gasteiger charge is 2.03. The van der Waals surface area contributed by atoms with Crippen molar-refractivity contribution < 1.29 is 0 Å². The van der Waals surface area contributed by atoms with Gasteiger partial charge in [-0.1, -0.05) is 29.4 Å². The van der Waals surface area contributed by atoms with Crippen molar-refractivity contribution in [3.63, 3.8) is 0 Å². The summed E-state index contributed by atoms with van der Waals surface area (Å²) in [6.07, 6.45) is 5.53. The maximum atomic E-state index is 5.98. The summed E-state index contributed by atoms with van der Waals surface area (Å²) in [5.41, 5.74) is 0.950. The van der Waals surface area contributed by atoms with Gasteiger partial charge in [-0.2, -0.15) is 0 Å². The Hall–Kier alpha value is -1.85. The molecular formula is C14H11ClN4S. The predicted molar refractivity (Wildman–Crippen MR) is 83.8 cm³/mol. The third kappa shape index (κ3) is 2.84. The van der Waals surface area contributed by atoms with Crippen LogP contribution in [-0.2, 0) is 0 Å². The van der Waals surface area contributed by atoms with E-state index in [1.807, 2.05) is 36.7 Å². The van der Waals surface area contributed by atoms with Crippen LogP contribution in [0.2, 0.25) is 5.15 Å². The maximum absolute atomic E-state index is 5.98. The second kappa shape index (κ2) is 5.64. The molecule has 1 aromatic carbocycles. The zero-order valence-corrected chi connectivity index (χ0v) is 12.2. The van der Waals surface area contributed by atoms with Gasteiger partial charge in [-0.05, 0) is 29.8 Å². The Kier molecular flexibility index (Phi) is 3.71. The molecule has 0 amide bonds. The van der Waals surface area contributed by atoms with Gasteiger partial charge in [0.15, 0.2) is 5.16 Å². The van der Waals surface area contributed by atoms with Crippen molar-refractivity contribution in [2.75, 3.05) is 11.6 Å². The zero-order valence-electron chi connectivity index (χ0n) is 10.7. The minimum atomic E-state index is 0.428. The van der Waals surface area contributed by atoms with Crippen LogP contribution in [0.15, 0.2) is 47.9 Å². The first-order chi connectivity index (χ1) is 9.74. The van der Waals surface area contributed by atoms with E-state index in [9.17, 15) is 0 Å². The zero-order chi connectivity index (χ0) is 13.9. The molecule has 20 heavy (non-hydrogen) atoms. The van der Waals surface area contributed by atoms with Crippen LogP contribution in [0.3, 0.4) is 0 Å². The first-order valence-corrected chi connectivity index (χ1v) is 7.54. The molecule has 0 fully saturated rings. The highest BCUT2D eigenvalue weighted by molar-refractivity contribution is 7.98. The van der Waals surface area contributed by atoms with Crippen molar-refractivity contribution >= 4 is 45.6 Å². The van der Waals surface area contributed by atoms with Crippen LogP contribution in [-0.4, -0.2) is 21.2 Å². The van der Waals surface area contributed by atoms with Crippen LogP contribution in [0.4, 0.5) is 11.5 Å². The van der Waals surface area contributed by atoms with Crippen LogP contribution in [0, 0.1) is 0 Å². The molecule has 1 N–H and O–H groups in total. The average Bonchev–Trinajstić information content (AvgIpc) is 2.46. The van der Waals surface area contributed by atoms with E-state index in [1.54, 1.807) is 12.3 Å². The number of anilines is 2. The third-order valence-corrected chi connectivity index (χ3v) is 3.51. The van der Waals surface area contributed by atoms with E-state index in [4.69, 9.17) is 11.6 Å². The summed E-state index contributed by atoms with van der Waals surface area (Å²) >= 11 is 7.43. The van der Waals surface area contributed by atoms with Crippen LogP contribution in [0.5, 0.6) is 0 Å². The lowest BCUT2D eigenvalue weighted by Crippen LogP contribution is -1.96. The lowest BCUT2D eigenvalue weighted by molar-refractivity contribution is 0.976. The van der Waals surface area contributed by atoms with E-state index < -0.39 is 0 Å². The molecule has 0 radical (unpaired) electrons. The highest BCUT2D eigenvalue weighted by atomic mass is 35.5. The Morgan fingerprint density at radius 3 is 2.85 bits per heavy atom. The number of fused-ring (bicyclic) bond motifs is 1. The number of pyridine rings is 1. The first kappa shape index (κ1) is 13.1. The normalized spacial score (nSPS) is 10.7. The number of halogens is 1. The minimum absolute atomic E-state index is 0.428. The van der Waals surface area contributed by atoms with Gasteiger partial charge in [-0.25, -0.2) is 9.97 Å². The summed E-state index contributed by atoms with van der Waals surface area (Å²) in [6, 6.07) is 9.73. The summed E-state index contributed by atoms with van der Waals surface area (Å²) in [5.74, 6) is 0.683. The number of thioether (sulfide) groups is 1. The molecule has 0 atom stereocenters. The number of benzene rings is 1. The van der Waals surface area contributed by atoms with Crippen molar-refractivity contribution in [2.45, 2.75) is 5.16 Å². The molecule has 2 aromatic heterocycles. The first-order valence-electron chi connectivity index (χ1n) is 5.94. The van der Waals surface area contributed by atoms with Gasteiger partial charge >= 0.3 is 0 Å². The van der Waals surface area contributed by atoms with Crippen molar-refractivity contribution in [3.05, 3.63) is 47.9 Å². The molecule has 6 heteroatoms. The molecule has 0 bridgehead atoms. The highest BCUT2D eigenvalue weighted by Crippen LogP contribution is 2.23. The Morgan fingerprint density at radius 1 is 1.10 bits per heavy atom. The van der Waals surface area contributed by atoms with E-state index in [1.165, 1.54) is 11.8 Å². The summed E-state index contributed by atoms with van der Waals surface area (Å²) in [5, 5.41) is 6.53. The molecule has 4 nitrogen and oxygen atoms in total. The van der Waals surface area contributed by atoms with Crippen LogP contribution in [0.1, 0.15) is 0 Å². The number of hydrogen-bond donors (Lipinski definition) is 1. The van der Waals surface area contributed by atoms with Crippen LogP contribution in [0.25, 0.3) is 10.8 Å². The topological polar surface area (TPSA) is 50.7 Å². The fourth-order valence-electron chi connectivity index (χ4n) is 1.86. The number of nitrogens with zero attached hydrogens (tertiary/aromatic N) is 3. The lowest BCUT2D eigenvalue weighted by atomic mass is 10.1. The van der Waals surface area contributed by atoms with E-state index in [0.29, 0.717) is 16.1 Å². The fraction of sp³-hybridized carbons (Fsp3) is 0.0714. The Labute approximate surface area is 125 Å².